The Morgan fingerprint density at radius 2 is 1.49 bits per heavy atom. The zero-order valence-electron chi connectivity index (χ0n) is 24.3. The zero-order chi connectivity index (χ0) is 29.8. The van der Waals surface area contributed by atoms with Crippen LogP contribution in [0.3, 0.4) is 0 Å². The average Bonchev–Trinajstić information content (AvgIpc) is 2.97. The number of carbonyl (C=O) groups is 2. The van der Waals surface area contributed by atoms with E-state index in [2.05, 4.69) is 5.32 Å². The Kier molecular flexibility index (Phi) is 11.8. The fraction of sp³-hybridized carbons (Fsp3) is 0.375. The summed E-state index contributed by atoms with van der Waals surface area (Å²) in [4.78, 5) is 29.1. The molecule has 9 heteroatoms. The molecule has 2 amide bonds. The molecular weight excluding hydrogens is 538 g/mol. The summed E-state index contributed by atoms with van der Waals surface area (Å²) in [5.41, 5.74) is 2.36. The molecule has 0 aromatic heterocycles. The Bertz CT molecular complexity index is 1350. The van der Waals surface area contributed by atoms with E-state index in [4.69, 9.17) is 4.74 Å². The molecule has 0 bridgehead atoms. The summed E-state index contributed by atoms with van der Waals surface area (Å²) in [6.45, 7) is 4.33. The van der Waals surface area contributed by atoms with Crippen LogP contribution in [0.4, 0.5) is 5.69 Å². The van der Waals surface area contributed by atoms with Crippen molar-refractivity contribution in [2.75, 3.05) is 24.2 Å². The Morgan fingerprint density at radius 3 is 2.02 bits per heavy atom. The van der Waals surface area contributed by atoms with Crippen LogP contribution in [0.1, 0.15) is 44.2 Å². The van der Waals surface area contributed by atoms with E-state index in [1.165, 1.54) is 4.31 Å². The largest absolute Gasteiger partial charge is 0.497 e. The molecule has 41 heavy (non-hydrogen) atoms. The molecule has 220 valence electrons. The lowest BCUT2D eigenvalue weighted by Gasteiger charge is -2.32. The van der Waals surface area contributed by atoms with Gasteiger partial charge in [-0.15, -0.1) is 0 Å². The second-order valence-electron chi connectivity index (χ2n) is 10.2. The van der Waals surface area contributed by atoms with Gasteiger partial charge < -0.3 is 15.0 Å². The molecule has 0 aliphatic heterocycles. The number of rotatable bonds is 15. The molecule has 1 N–H and O–H groups in total. The molecule has 2 atom stereocenters. The molecule has 0 saturated heterocycles. The van der Waals surface area contributed by atoms with Crippen molar-refractivity contribution in [1.82, 2.24) is 10.2 Å². The number of nitrogens with one attached hydrogen (secondary N) is 1. The van der Waals surface area contributed by atoms with E-state index in [0.717, 1.165) is 23.8 Å². The van der Waals surface area contributed by atoms with Crippen molar-refractivity contribution in [2.45, 2.75) is 58.2 Å². The first-order chi connectivity index (χ1) is 19.6. The van der Waals surface area contributed by atoms with E-state index in [1.54, 1.807) is 36.3 Å². The predicted molar refractivity (Wildman–Crippen MR) is 163 cm³/mol. The minimum Gasteiger partial charge on any atom is -0.497 e. The second-order valence-corrected chi connectivity index (χ2v) is 12.1. The number of ether oxygens (including phenoxy) is 1. The lowest BCUT2D eigenvalue weighted by atomic mass is 10.0. The van der Waals surface area contributed by atoms with Crippen LogP contribution in [0, 0.1) is 0 Å². The maximum Gasteiger partial charge on any atom is 0.243 e. The number of sulfonamides is 1. The first-order valence-corrected chi connectivity index (χ1v) is 15.8. The average molecular weight is 580 g/mol. The number of hydrogen-bond donors (Lipinski definition) is 1. The van der Waals surface area contributed by atoms with E-state index >= 15 is 0 Å². The number of benzene rings is 3. The topological polar surface area (TPSA) is 96.0 Å². The monoisotopic (exact) mass is 579 g/mol. The highest BCUT2D eigenvalue weighted by Gasteiger charge is 2.31. The number of anilines is 1. The minimum atomic E-state index is -3.59. The van der Waals surface area contributed by atoms with E-state index in [0.29, 0.717) is 17.9 Å². The SMILES string of the molecule is CC[C@H](C)NC(=O)[C@H](Cc1ccccc1)N(Cc1ccccc1)C(=O)CCCN(c1ccc(OC)cc1)S(C)(=O)=O. The summed E-state index contributed by atoms with van der Waals surface area (Å²) in [6, 6.07) is 25.2. The van der Waals surface area contributed by atoms with Gasteiger partial charge in [-0.2, -0.15) is 0 Å². The van der Waals surface area contributed by atoms with Crippen molar-refractivity contribution in [1.29, 1.82) is 0 Å². The van der Waals surface area contributed by atoms with Gasteiger partial charge in [0.25, 0.3) is 0 Å². The molecule has 3 rings (SSSR count). The van der Waals surface area contributed by atoms with Gasteiger partial charge in [0.15, 0.2) is 0 Å². The van der Waals surface area contributed by atoms with Gasteiger partial charge in [-0.25, -0.2) is 8.42 Å². The van der Waals surface area contributed by atoms with Gasteiger partial charge in [-0.05, 0) is 55.2 Å². The quantitative estimate of drug-likeness (QED) is 0.279. The molecule has 3 aromatic rings. The molecule has 0 unspecified atom stereocenters. The molecule has 0 heterocycles. The summed E-state index contributed by atoms with van der Waals surface area (Å²) >= 11 is 0. The van der Waals surface area contributed by atoms with Crippen LogP contribution in [0.5, 0.6) is 5.75 Å². The van der Waals surface area contributed by atoms with Crippen molar-refractivity contribution in [3.05, 3.63) is 96.1 Å². The molecule has 3 aromatic carbocycles. The summed E-state index contributed by atoms with van der Waals surface area (Å²) in [5, 5.41) is 3.07. The molecule has 0 aliphatic rings. The number of nitrogens with zero attached hydrogens (tertiary/aromatic N) is 2. The minimum absolute atomic E-state index is 0.0396. The highest BCUT2D eigenvalue weighted by atomic mass is 32.2. The molecule has 0 spiro atoms. The Labute approximate surface area is 244 Å². The number of carbonyl (C=O) groups excluding carboxylic acids is 2. The molecule has 0 saturated carbocycles. The first-order valence-electron chi connectivity index (χ1n) is 13.9. The highest BCUT2D eigenvalue weighted by Crippen LogP contribution is 2.23. The van der Waals surface area contributed by atoms with Crippen LogP contribution >= 0.6 is 0 Å². The van der Waals surface area contributed by atoms with Crippen molar-refractivity contribution in [2.24, 2.45) is 0 Å². The van der Waals surface area contributed by atoms with E-state index in [9.17, 15) is 18.0 Å². The fourth-order valence-corrected chi connectivity index (χ4v) is 5.49. The molecule has 0 radical (unpaired) electrons. The Hall–Kier alpha value is -3.85. The third-order valence-electron chi connectivity index (χ3n) is 6.98. The van der Waals surface area contributed by atoms with Gasteiger partial charge in [0.2, 0.25) is 21.8 Å². The molecule has 0 aliphatic carbocycles. The summed E-state index contributed by atoms with van der Waals surface area (Å²) in [6.07, 6.45) is 2.65. The van der Waals surface area contributed by atoms with Crippen molar-refractivity contribution in [3.8, 4) is 5.75 Å². The van der Waals surface area contributed by atoms with Gasteiger partial charge in [0.1, 0.15) is 11.8 Å². The first kappa shape index (κ1) is 31.7. The van der Waals surface area contributed by atoms with Crippen molar-refractivity contribution >= 4 is 27.5 Å². The fourth-order valence-electron chi connectivity index (χ4n) is 4.53. The summed E-state index contributed by atoms with van der Waals surface area (Å²) < 4.78 is 31.7. The normalized spacial score (nSPS) is 12.7. The van der Waals surface area contributed by atoms with Crippen molar-refractivity contribution < 1.29 is 22.7 Å². The summed E-state index contributed by atoms with van der Waals surface area (Å²) in [5.74, 6) is 0.204. The Morgan fingerprint density at radius 1 is 0.902 bits per heavy atom. The van der Waals surface area contributed by atoms with Gasteiger partial charge in [-0.3, -0.25) is 13.9 Å². The highest BCUT2D eigenvalue weighted by molar-refractivity contribution is 7.92. The standard InChI is InChI=1S/C32H41N3O5S/c1-5-25(2)33-32(37)30(23-26-13-8-6-9-14-26)34(24-27-15-10-7-11-16-27)31(36)17-12-22-35(41(4,38)39)28-18-20-29(40-3)21-19-28/h6-11,13-16,18-21,25,30H,5,12,17,22-24H2,1-4H3,(H,33,37)/t25-,30-/m0/s1. The van der Waals surface area contributed by atoms with Crippen LogP contribution in [-0.2, 0) is 32.6 Å². The van der Waals surface area contributed by atoms with E-state index < -0.39 is 16.1 Å². The lowest BCUT2D eigenvalue weighted by molar-refractivity contribution is -0.141. The van der Waals surface area contributed by atoms with Crippen LogP contribution in [0.25, 0.3) is 0 Å². The van der Waals surface area contributed by atoms with Crippen molar-refractivity contribution in [3.63, 3.8) is 0 Å². The number of amides is 2. The molecule has 0 fully saturated rings. The molecule has 8 nitrogen and oxygen atoms in total. The van der Waals surface area contributed by atoms with Crippen LogP contribution in [0.15, 0.2) is 84.9 Å². The smallest absolute Gasteiger partial charge is 0.243 e. The lowest BCUT2D eigenvalue weighted by Crippen LogP contribution is -2.52. The van der Waals surface area contributed by atoms with Crippen LogP contribution < -0.4 is 14.4 Å². The zero-order valence-corrected chi connectivity index (χ0v) is 25.1. The van der Waals surface area contributed by atoms with Gasteiger partial charge in [0.05, 0.1) is 19.1 Å². The second kappa shape index (κ2) is 15.2. The number of methoxy groups -OCH3 is 1. The maximum absolute atomic E-state index is 13.9. The van der Waals surface area contributed by atoms with E-state index in [-0.39, 0.29) is 43.8 Å². The van der Waals surface area contributed by atoms with Gasteiger partial charge in [0, 0.05) is 32.0 Å². The number of hydrogen-bond acceptors (Lipinski definition) is 5. The maximum atomic E-state index is 13.9. The van der Waals surface area contributed by atoms with Gasteiger partial charge in [-0.1, -0.05) is 67.6 Å². The summed E-state index contributed by atoms with van der Waals surface area (Å²) in [7, 11) is -2.04. The molecular formula is C32H41N3O5S. The van der Waals surface area contributed by atoms with Crippen LogP contribution in [0.2, 0.25) is 0 Å². The predicted octanol–water partition coefficient (Wildman–Crippen LogP) is 4.80. The third-order valence-corrected chi connectivity index (χ3v) is 8.17. The van der Waals surface area contributed by atoms with Gasteiger partial charge >= 0.3 is 0 Å². The Balaban J connectivity index is 1.85. The van der Waals surface area contributed by atoms with E-state index in [1.807, 2.05) is 74.5 Å². The third kappa shape index (κ3) is 9.63. The van der Waals surface area contributed by atoms with Crippen LogP contribution in [-0.4, -0.2) is 57.1 Å².